The van der Waals surface area contributed by atoms with E-state index in [9.17, 15) is 0 Å². The minimum absolute atomic E-state index is 0.480. The molecule has 1 heterocycles. The summed E-state index contributed by atoms with van der Waals surface area (Å²) >= 11 is 6.41. The Morgan fingerprint density at radius 3 is 2.47 bits per heavy atom. The minimum atomic E-state index is 0.480. The lowest BCUT2D eigenvalue weighted by atomic mass is 10.1. The molecule has 2 nitrogen and oxygen atoms in total. The summed E-state index contributed by atoms with van der Waals surface area (Å²) in [7, 11) is 0. The van der Waals surface area contributed by atoms with Gasteiger partial charge in [0.15, 0.2) is 0 Å². The third-order valence-electron chi connectivity index (χ3n) is 3.73. The van der Waals surface area contributed by atoms with E-state index in [-0.39, 0.29) is 0 Å². The lowest BCUT2D eigenvalue weighted by molar-refractivity contribution is 0.587. The van der Waals surface area contributed by atoms with Crippen molar-refractivity contribution in [3.63, 3.8) is 0 Å². The van der Waals surface area contributed by atoms with Gasteiger partial charge in [-0.3, -0.25) is 0 Å². The summed E-state index contributed by atoms with van der Waals surface area (Å²) in [5.74, 6) is 0. The molecule has 0 atom stereocenters. The van der Waals surface area contributed by atoms with E-state index in [4.69, 9.17) is 11.6 Å². The van der Waals surface area contributed by atoms with Gasteiger partial charge in [-0.05, 0) is 25.0 Å². The number of halogens is 1. The number of nitrogens with one attached hydrogen (secondary N) is 1. The van der Waals surface area contributed by atoms with Gasteiger partial charge in [0.2, 0.25) is 0 Å². The molecule has 1 N–H and O–H groups in total. The van der Waals surface area contributed by atoms with Crippen LogP contribution in [-0.4, -0.2) is 19.1 Å². The van der Waals surface area contributed by atoms with Crippen molar-refractivity contribution in [2.24, 2.45) is 0 Å². The molecule has 19 heavy (non-hydrogen) atoms. The maximum absolute atomic E-state index is 6.41. The monoisotopic (exact) mass is 280 g/mol. The van der Waals surface area contributed by atoms with Crippen LogP contribution in [0.3, 0.4) is 0 Å². The lowest BCUT2D eigenvalue weighted by Crippen LogP contribution is -2.28. The number of benzene rings is 1. The van der Waals surface area contributed by atoms with Gasteiger partial charge in [0.05, 0.1) is 0 Å². The maximum Gasteiger partial charge on any atom is 0.0471 e. The summed E-state index contributed by atoms with van der Waals surface area (Å²) in [4.78, 5) is 2.51. The summed E-state index contributed by atoms with van der Waals surface area (Å²) in [6.07, 6.45) is 5.31. The zero-order valence-electron chi connectivity index (χ0n) is 12.1. The van der Waals surface area contributed by atoms with Gasteiger partial charge in [-0.2, -0.15) is 0 Å². The Hall–Kier alpha value is -0.730. The number of nitrogens with zero attached hydrogens (tertiary/aromatic N) is 1. The molecule has 106 valence electrons. The summed E-state index contributed by atoms with van der Waals surface area (Å²) in [5, 5.41) is 4.37. The maximum atomic E-state index is 6.41. The highest BCUT2D eigenvalue weighted by atomic mass is 35.5. The van der Waals surface area contributed by atoms with E-state index in [1.165, 1.54) is 36.9 Å². The molecule has 0 amide bonds. The van der Waals surface area contributed by atoms with E-state index in [0.29, 0.717) is 6.04 Å². The zero-order valence-corrected chi connectivity index (χ0v) is 12.8. The van der Waals surface area contributed by atoms with Crippen LogP contribution in [0.4, 0.5) is 5.69 Å². The second-order valence-electron chi connectivity index (χ2n) is 5.67. The number of hydrogen-bond acceptors (Lipinski definition) is 2. The normalized spacial score (nSPS) is 16.7. The SMILES string of the molecule is CC(C)NCc1c(Cl)cccc1N1CCCCCC1. The first-order chi connectivity index (χ1) is 9.18. The molecule has 1 aliphatic rings. The first kappa shape index (κ1) is 14.7. The Labute approximate surface area is 122 Å². The van der Waals surface area contributed by atoms with Crippen molar-refractivity contribution < 1.29 is 0 Å². The van der Waals surface area contributed by atoms with Crippen LogP contribution in [0.2, 0.25) is 5.02 Å². The summed E-state index contributed by atoms with van der Waals surface area (Å²) in [5.41, 5.74) is 2.57. The fourth-order valence-electron chi connectivity index (χ4n) is 2.64. The van der Waals surface area contributed by atoms with Gasteiger partial charge in [0.25, 0.3) is 0 Å². The van der Waals surface area contributed by atoms with Crippen molar-refractivity contribution in [1.29, 1.82) is 0 Å². The van der Waals surface area contributed by atoms with Gasteiger partial charge in [0.1, 0.15) is 0 Å². The highest BCUT2D eigenvalue weighted by Gasteiger charge is 2.15. The topological polar surface area (TPSA) is 15.3 Å². The first-order valence-electron chi connectivity index (χ1n) is 7.44. The Kier molecular flexibility index (Phi) is 5.53. The molecule has 0 radical (unpaired) electrons. The highest BCUT2D eigenvalue weighted by Crippen LogP contribution is 2.29. The van der Waals surface area contributed by atoms with E-state index in [1.54, 1.807) is 0 Å². The zero-order chi connectivity index (χ0) is 13.7. The summed E-state index contributed by atoms with van der Waals surface area (Å²) in [6.45, 7) is 7.51. The second kappa shape index (κ2) is 7.16. The van der Waals surface area contributed by atoms with Crippen molar-refractivity contribution in [2.75, 3.05) is 18.0 Å². The van der Waals surface area contributed by atoms with Crippen LogP contribution in [0.25, 0.3) is 0 Å². The molecule has 1 fully saturated rings. The molecule has 0 aliphatic carbocycles. The van der Waals surface area contributed by atoms with E-state index >= 15 is 0 Å². The van der Waals surface area contributed by atoms with Crippen LogP contribution in [0.5, 0.6) is 0 Å². The van der Waals surface area contributed by atoms with Crippen LogP contribution < -0.4 is 10.2 Å². The van der Waals surface area contributed by atoms with Crippen LogP contribution in [0.1, 0.15) is 45.1 Å². The van der Waals surface area contributed by atoms with Crippen LogP contribution in [0, 0.1) is 0 Å². The second-order valence-corrected chi connectivity index (χ2v) is 6.08. The molecule has 0 spiro atoms. The fraction of sp³-hybridized carbons (Fsp3) is 0.625. The Balaban J connectivity index is 2.19. The van der Waals surface area contributed by atoms with Gasteiger partial charge in [-0.25, -0.2) is 0 Å². The van der Waals surface area contributed by atoms with Crippen LogP contribution in [-0.2, 0) is 6.54 Å². The van der Waals surface area contributed by atoms with E-state index in [2.05, 4.69) is 36.2 Å². The van der Waals surface area contributed by atoms with Gasteiger partial charge in [0, 0.05) is 41.9 Å². The molecule has 0 saturated carbocycles. The van der Waals surface area contributed by atoms with Crippen molar-refractivity contribution in [3.8, 4) is 0 Å². The Morgan fingerprint density at radius 1 is 1.16 bits per heavy atom. The molecule has 0 bridgehead atoms. The van der Waals surface area contributed by atoms with E-state index in [1.807, 2.05) is 6.07 Å². The van der Waals surface area contributed by atoms with Gasteiger partial charge in [-0.1, -0.05) is 44.4 Å². The fourth-order valence-corrected chi connectivity index (χ4v) is 2.87. The van der Waals surface area contributed by atoms with Gasteiger partial charge in [-0.15, -0.1) is 0 Å². The van der Waals surface area contributed by atoms with Crippen molar-refractivity contribution in [2.45, 2.75) is 52.1 Å². The van der Waals surface area contributed by atoms with Crippen molar-refractivity contribution in [1.82, 2.24) is 5.32 Å². The Bertz CT molecular complexity index is 396. The van der Waals surface area contributed by atoms with Crippen LogP contribution >= 0.6 is 11.6 Å². The summed E-state index contributed by atoms with van der Waals surface area (Å²) < 4.78 is 0. The van der Waals surface area contributed by atoms with E-state index in [0.717, 1.165) is 24.7 Å². The molecular weight excluding hydrogens is 256 g/mol. The van der Waals surface area contributed by atoms with Crippen molar-refractivity contribution >= 4 is 17.3 Å². The quantitative estimate of drug-likeness (QED) is 0.888. The molecule has 0 aromatic heterocycles. The molecule has 3 heteroatoms. The predicted octanol–water partition coefficient (Wildman–Crippen LogP) is 4.22. The molecule has 1 aromatic rings. The molecule has 1 aromatic carbocycles. The molecule has 0 unspecified atom stereocenters. The predicted molar refractivity (Wildman–Crippen MR) is 84.1 cm³/mol. The van der Waals surface area contributed by atoms with E-state index < -0.39 is 0 Å². The highest BCUT2D eigenvalue weighted by molar-refractivity contribution is 6.31. The Morgan fingerprint density at radius 2 is 1.84 bits per heavy atom. The molecule has 1 saturated heterocycles. The third kappa shape index (κ3) is 4.12. The number of anilines is 1. The van der Waals surface area contributed by atoms with Crippen molar-refractivity contribution in [3.05, 3.63) is 28.8 Å². The largest absolute Gasteiger partial charge is 0.371 e. The first-order valence-corrected chi connectivity index (χ1v) is 7.82. The smallest absolute Gasteiger partial charge is 0.0471 e. The lowest BCUT2D eigenvalue weighted by Gasteiger charge is -2.26. The average molecular weight is 281 g/mol. The third-order valence-corrected chi connectivity index (χ3v) is 4.08. The standard InChI is InChI=1S/C16H25ClN2/c1-13(2)18-12-14-15(17)8-7-9-16(14)19-10-5-3-4-6-11-19/h7-9,13,18H,3-6,10-12H2,1-2H3. The average Bonchev–Trinajstić information content (AvgIpc) is 2.65. The molecule has 2 rings (SSSR count). The molecular formula is C16H25ClN2. The van der Waals surface area contributed by atoms with Crippen LogP contribution in [0.15, 0.2) is 18.2 Å². The van der Waals surface area contributed by atoms with Gasteiger partial charge < -0.3 is 10.2 Å². The number of hydrogen-bond donors (Lipinski definition) is 1. The molecule has 1 aliphatic heterocycles. The summed E-state index contributed by atoms with van der Waals surface area (Å²) in [6, 6.07) is 6.77. The minimum Gasteiger partial charge on any atom is -0.371 e. The number of rotatable bonds is 4. The van der Waals surface area contributed by atoms with Gasteiger partial charge >= 0.3 is 0 Å².